The van der Waals surface area contributed by atoms with Crippen molar-refractivity contribution >= 4 is 11.6 Å². The van der Waals surface area contributed by atoms with Gasteiger partial charge in [-0.15, -0.1) is 0 Å². The number of fused-ring (bicyclic) bond motifs is 5. The SMILES string of the molecule is CC(c1ccccn1)=[N+]1N=C([O-])C2C3CCC(C3)C21. The van der Waals surface area contributed by atoms with E-state index in [2.05, 4.69) is 10.1 Å². The van der Waals surface area contributed by atoms with Gasteiger partial charge in [-0.3, -0.25) is 4.98 Å². The van der Waals surface area contributed by atoms with Crippen LogP contribution in [0.1, 0.15) is 31.9 Å². The molecule has 98 valence electrons. The number of hydrogen-bond acceptors (Lipinski definition) is 3. The molecule has 1 aromatic heterocycles. The Hall–Kier alpha value is -1.71. The lowest BCUT2D eigenvalue weighted by Gasteiger charge is -2.22. The molecule has 0 spiro atoms. The Morgan fingerprint density at radius 3 is 2.95 bits per heavy atom. The van der Waals surface area contributed by atoms with Gasteiger partial charge >= 0.3 is 0 Å². The van der Waals surface area contributed by atoms with E-state index in [-0.39, 0.29) is 11.8 Å². The molecule has 2 saturated carbocycles. The molecular formula is C15H17N3O. The van der Waals surface area contributed by atoms with Crippen LogP contribution in [-0.2, 0) is 0 Å². The Bertz CT molecular complexity index is 578. The third kappa shape index (κ3) is 1.49. The van der Waals surface area contributed by atoms with Crippen molar-refractivity contribution in [1.29, 1.82) is 0 Å². The summed E-state index contributed by atoms with van der Waals surface area (Å²) in [5.41, 5.74) is 1.93. The fraction of sp³-hybridized carbons (Fsp3) is 0.533. The average Bonchev–Trinajstić information content (AvgIpc) is 3.12. The Morgan fingerprint density at radius 1 is 1.32 bits per heavy atom. The normalized spacial score (nSPS) is 38.3. The van der Waals surface area contributed by atoms with Gasteiger partial charge in [0.15, 0.2) is 6.04 Å². The monoisotopic (exact) mass is 255 g/mol. The number of pyridine rings is 1. The zero-order valence-corrected chi connectivity index (χ0v) is 11.0. The number of rotatable bonds is 1. The molecule has 1 aliphatic heterocycles. The van der Waals surface area contributed by atoms with Crippen LogP contribution in [0.4, 0.5) is 0 Å². The first kappa shape index (κ1) is 11.1. The van der Waals surface area contributed by atoms with Gasteiger partial charge in [-0.05, 0) is 42.4 Å². The van der Waals surface area contributed by atoms with Crippen LogP contribution in [0.5, 0.6) is 0 Å². The van der Waals surface area contributed by atoms with Crippen LogP contribution in [0.15, 0.2) is 29.5 Å². The molecule has 2 aliphatic carbocycles. The molecule has 4 rings (SSSR count). The molecule has 2 fully saturated rings. The summed E-state index contributed by atoms with van der Waals surface area (Å²) in [6.45, 7) is 2.02. The van der Waals surface area contributed by atoms with Crippen LogP contribution >= 0.6 is 0 Å². The average molecular weight is 255 g/mol. The second kappa shape index (κ2) is 3.89. The summed E-state index contributed by atoms with van der Waals surface area (Å²) in [5.74, 6) is 1.46. The molecule has 4 nitrogen and oxygen atoms in total. The Balaban J connectivity index is 1.80. The molecule has 1 aromatic rings. The van der Waals surface area contributed by atoms with Crippen LogP contribution in [0.2, 0.25) is 0 Å². The first-order chi connectivity index (χ1) is 9.25. The minimum absolute atomic E-state index is 0.0903. The zero-order chi connectivity index (χ0) is 13.0. The van der Waals surface area contributed by atoms with Crippen molar-refractivity contribution in [2.75, 3.05) is 0 Å². The van der Waals surface area contributed by atoms with Crippen LogP contribution in [0.3, 0.4) is 0 Å². The summed E-state index contributed by atoms with van der Waals surface area (Å²) < 4.78 is 1.97. The third-order valence-electron chi connectivity index (χ3n) is 5.03. The van der Waals surface area contributed by atoms with Gasteiger partial charge in [0.25, 0.3) is 0 Å². The lowest BCUT2D eigenvalue weighted by Crippen LogP contribution is -2.38. The van der Waals surface area contributed by atoms with E-state index in [4.69, 9.17) is 0 Å². The molecule has 2 bridgehead atoms. The fourth-order valence-electron chi connectivity index (χ4n) is 4.19. The van der Waals surface area contributed by atoms with Crippen molar-refractivity contribution in [2.45, 2.75) is 32.2 Å². The highest BCUT2D eigenvalue weighted by atomic mass is 16.3. The second-order valence-electron chi connectivity index (χ2n) is 5.93. The molecule has 4 atom stereocenters. The van der Waals surface area contributed by atoms with Gasteiger partial charge in [-0.2, -0.15) is 0 Å². The second-order valence-corrected chi connectivity index (χ2v) is 5.93. The first-order valence-electron chi connectivity index (χ1n) is 7.05. The van der Waals surface area contributed by atoms with E-state index in [1.54, 1.807) is 6.20 Å². The lowest BCUT2D eigenvalue weighted by molar-refractivity contribution is -0.573. The summed E-state index contributed by atoms with van der Waals surface area (Å²) in [6.07, 6.45) is 5.46. The van der Waals surface area contributed by atoms with Crippen molar-refractivity contribution in [2.24, 2.45) is 22.9 Å². The van der Waals surface area contributed by atoms with Gasteiger partial charge in [0, 0.05) is 24.9 Å². The van der Waals surface area contributed by atoms with Crippen molar-refractivity contribution < 1.29 is 9.79 Å². The van der Waals surface area contributed by atoms with E-state index in [9.17, 15) is 5.11 Å². The lowest BCUT2D eigenvalue weighted by atomic mass is 9.85. The van der Waals surface area contributed by atoms with Crippen LogP contribution < -0.4 is 5.11 Å². The fourth-order valence-corrected chi connectivity index (χ4v) is 4.19. The Labute approximate surface area is 112 Å². The maximum absolute atomic E-state index is 12.1. The Kier molecular flexibility index (Phi) is 2.28. The molecule has 4 heteroatoms. The standard InChI is InChI=1S/C15H17N3O/c1-9(12-4-2-3-7-16-12)18-14-11-6-5-10(8-11)13(14)15(19)17-18/h2-4,7,10-11,13-14H,5-6,8H2,1H3. The van der Waals surface area contributed by atoms with Gasteiger partial charge in [-0.25, -0.2) is 0 Å². The van der Waals surface area contributed by atoms with Crippen molar-refractivity contribution in [3.8, 4) is 0 Å². The van der Waals surface area contributed by atoms with Crippen LogP contribution in [0, 0.1) is 17.8 Å². The van der Waals surface area contributed by atoms with E-state index < -0.39 is 0 Å². The summed E-state index contributed by atoms with van der Waals surface area (Å²) in [7, 11) is 0. The number of hydrazone groups is 1. The van der Waals surface area contributed by atoms with E-state index >= 15 is 0 Å². The molecule has 0 aromatic carbocycles. The predicted octanol–water partition coefficient (Wildman–Crippen LogP) is 1.01. The molecular weight excluding hydrogens is 238 g/mol. The summed E-state index contributed by atoms with van der Waals surface area (Å²) in [5, 5.41) is 16.5. The largest absolute Gasteiger partial charge is 0.857 e. The minimum atomic E-state index is 0.0903. The van der Waals surface area contributed by atoms with Crippen molar-refractivity contribution in [3.05, 3.63) is 30.1 Å². The highest BCUT2D eigenvalue weighted by molar-refractivity contribution is 5.93. The van der Waals surface area contributed by atoms with E-state index in [0.717, 1.165) is 11.4 Å². The van der Waals surface area contributed by atoms with E-state index in [1.807, 2.05) is 29.8 Å². The van der Waals surface area contributed by atoms with E-state index in [0.29, 0.717) is 17.9 Å². The summed E-state index contributed by atoms with van der Waals surface area (Å²) in [4.78, 5) is 4.37. The van der Waals surface area contributed by atoms with Crippen LogP contribution in [0.25, 0.3) is 0 Å². The van der Waals surface area contributed by atoms with Gasteiger partial charge in [0.2, 0.25) is 5.71 Å². The maximum Gasteiger partial charge on any atom is 0.231 e. The highest BCUT2D eigenvalue weighted by Crippen LogP contribution is 2.51. The quantitative estimate of drug-likeness (QED) is 0.703. The molecule has 0 radical (unpaired) electrons. The number of hydrogen-bond donors (Lipinski definition) is 0. The molecule has 2 heterocycles. The molecule has 0 saturated heterocycles. The van der Waals surface area contributed by atoms with Crippen molar-refractivity contribution in [1.82, 2.24) is 4.98 Å². The van der Waals surface area contributed by atoms with Gasteiger partial charge in [0.1, 0.15) is 5.69 Å². The van der Waals surface area contributed by atoms with Gasteiger partial charge < -0.3 is 5.11 Å². The number of nitrogens with zero attached hydrogens (tertiary/aromatic N) is 3. The summed E-state index contributed by atoms with van der Waals surface area (Å²) >= 11 is 0. The topological polar surface area (TPSA) is 51.3 Å². The van der Waals surface area contributed by atoms with E-state index in [1.165, 1.54) is 19.3 Å². The molecule has 4 unspecified atom stereocenters. The first-order valence-corrected chi connectivity index (χ1v) is 7.05. The molecule has 0 N–H and O–H groups in total. The zero-order valence-electron chi connectivity index (χ0n) is 11.0. The Morgan fingerprint density at radius 2 is 2.16 bits per heavy atom. The van der Waals surface area contributed by atoms with Gasteiger partial charge in [0.05, 0.1) is 5.92 Å². The van der Waals surface area contributed by atoms with Crippen LogP contribution in [-0.4, -0.2) is 27.3 Å². The minimum Gasteiger partial charge on any atom is -0.857 e. The number of aromatic nitrogens is 1. The van der Waals surface area contributed by atoms with Crippen molar-refractivity contribution in [3.63, 3.8) is 0 Å². The predicted molar refractivity (Wildman–Crippen MR) is 69.8 cm³/mol. The maximum atomic E-state index is 12.1. The third-order valence-corrected chi connectivity index (χ3v) is 5.03. The smallest absolute Gasteiger partial charge is 0.231 e. The molecule has 3 aliphatic rings. The summed E-state index contributed by atoms with van der Waals surface area (Å²) in [6, 6.07) is 6.16. The highest BCUT2D eigenvalue weighted by Gasteiger charge is 2.57. The molecule has 0 amide bonds. The molecule has 19 heavy (non-hydrogen) atoms. The van der Waals surface area contributed by atoms with Gasteiger partial charge in [-0.1, -0.05) is 10.8 Å².